The van der Waals surface area contributed by atoms with Gasteiger partial charge in [-0.25, -0.2) is 0 Å². The van der Waals surface area contributed by atoms with Crippen LogP contribution < -0.4 is 14.8 Å². The summed E-state index contributed by atoms with van der Waals surface area (Å²) in [7, 11) is 0. The highest BCUT2D eigenvalue weighted by atomic mass is 32.2. The average molecular weight is 359 g/mol. The van der Waals surface area contributed by atoms with Crippen LogP contribution in [0, 0.1) is 0 Å². The van der Waals surface area contributed by atoms with Gasteiger partial charge in [-0.15, -0.1) is 11.8 Å². The van der Waals surface area contributed by atoms with Crippen molar-refractivity contribution in [1.82, 2.24) is 5.32 Å². The molecule has 1 unspecified atom stereocenters. The standard InChI is InChI=1S/C19H21NO4S/c1-13(25-16-8-6-15(21)7-9-16)5-10-18(22)20-11-14-3-2-4-17-19(14)24-12-23-17/h2-4,6-9,13,21H,5,10-12H2,1H3,(H,20,22). The molecular formula is C19H21NO4S. The van der Waals surface area contributed by atoms with E-state index in [4.69, 9.17) is 9.47 Å². The van der Waals surface area contributed by atoms with Gasteiger partial charge in [0.25, 0.3) is 0 Å². The molecule has 1 heterocycles. The number of phenolic OH excluding ortho intramolecular Hbond substituents is 1. The van der Waals surface area contributed by atoms with Gasteiger partial charge >= 0.3 is 0 Å². The van der Waals surface area contributed by atoms with Gasteiger partial charge in [0.05, 0.1) is 0 Å². The molecule has 1 aliphatic rings. The van der Waals surface area contributed by atoms with Crippen LogP contribution in [0.25, 0.3) is 0 Å². The Morgan fingerprint density at radius 3 is 2.84 bits per heavy atom. The van der Waals surface area contributed by atoms with Crippen LogP contribution in [0.1, 0.15) is 25.3 Å². The van der Waals surface area contributed by atoms with Crippen molar-refractivity contribution in [1.29, 1.82) is 0 Å². The molecule has 25 heavy (non-hydrogen) atoms. The van der Waals surface area contributed by atoms with E-state index in [0.29, 0.717) is 18.2 Å². The van der Waals surface area contributed by atoms with Gasteiger partial charge in [-0.3, -0.25) is 4.79 Å². The lowest BCUT2D eigenvalue weighted by Gasteiger charge is -2.12. The van der Waals surface area contributed by atoms with E-state index in [-0.39, 0.29) is 18.4 Å². The number of ether oxygens (including phenoxy) is 2. The third kappa shape index (κ3) is 4.82. The number of aromatic hydroxyl groups is 1. The molecule has 0 fully saturated rings. The number of nitrogens with one attached hydrogen (secondary N) is 1. The number of amides is 1. The van der Waals surface area contributed by atoms with Crippen molar-refractivity contribution in [2.75, 3.05) is 6.79 Å². The van der Waals surface area contributed by atoms with Gasteiger partial charge in [-0.1, -0.05) is 19.1 Å². The summed E-state index contributed by atoms with van der Waals surface area (Å²) >= 11 is 1.70. The van der Waals surface area contributed by atoms with Crippen LogP contribution >= 0.6 is 11.8 Å². The van der Waals surface area contributed by atoms with Crippen LogP contribution in [0.2, 0.25) is 0 Å². The van der Waals surface area contributed by atoms with Gasteiger partial charge < -0.3 is 19.9 Å². The number of hydrogen-bond donors (Lipinski definition) is 2. The van der Waals surface area contributed by atoms with Gasteiger partial charge in [0.1, 0.15) is 5.75 Å². The lowest BCUT2D eigenvalue weighted by molar-refractivity contribution is -0.121. The smallest absolute Gasteiger partial charge is 0.231 e. The monoisotopic (exact) mass is 359 g/mol. The highest BCUT2D eigenvalue weighted by Gasteiger charge is 2.17. The molecule has 0 aliphatic carbocycles. The first-order valence-electron chi connectivity index (χ1n) is 8.21. The SMILES string of the molecule is CC(CCC(=O)NCc1cccc2c1OCO2)Sc1ccc(O)cc1. The molecule has 5 nitrogen and oxygen atoms in total. The van der Waals surface area contributed by atoms with Gasteiger partial charge in [0.2, 0.25) is 12.7 Å². The van der Waals surface area contributed by atoms with Gasteiger partial charge in [-0.05, 0) is 36.8 Å². The molecule has 2 aromatic carbocycles. The van der Waals surface area contributed by atoms with E-state index in [1.165, 1.54) is 0 Å². The maximum atomic E-state index is 12.1. The van der Waals surface area contributed by atoms with Crippen molar-refractivity contribution in [2.24, 2.45) is 0 Å². The maximum Gasteiger partial charge on any atom is 0.231 e. The molecule has 0 spiro atoms. The molecule has 2 N–H and O–H groups in total. The quantitative estimate of drug-likeness (QED) is 0.738. The van der Waals surface area contributed by atoms with Crippen molar-refractivity contribution < 1.29 is 19.4 Å². The van der Waals surface area contributed by atoms with Crippen molar-refractivity contribution in [3.8, 4) is 17.2 Å². The zero-order chi connectivity index (χ0) is 17.6. The number of carbonyl (C=O) groups excluding carboxylic acids is 1. The molecule has 3 rings (SSSR count). The molecule has 0 bridgehead atoms. The van der Waals surface area contributed by atoms with E-state index in [1.807, 2.05) is 30.3 Å². The predicted molar refractivity (Wildman–Crippen MR) is 97.1 cm³/mol. The van der Waals surface area contributed by atoms with Crippen LogP contribution in [-0.4, -0.2) is 23.1 Å². The minimum Gasteiger partial charge on any atom is -0.508 e. The predicted octanol–water partition coefficient (Wildman–Crippen LogP) is 3.70. The zero-order valence-electron chi connectivity index (χ0n) is 14.0. The highest BCUT2D eigenvalue weighted by Crippen LogP contribution is 2.35. The molecule has 6 heteroatoms. The number of rotatable bonds is 7. The Morgan fingerprint density at radius 2 is 2.04 bits per heavy atom. The fourth-order valence-corrected chi connectivity index (χ4v) is 3.56. The molecule has 0 radical (unpaired) electrons. The Labute approximate surface area is 151 Å². The largest absolute Gasteiger partial charge is 0.508 e. The molecule has 1 amide bonds. The van der Waals surface area contributed by atoms with Crippen LogP contribution in [0.4, 0.5) is 0 Å². The van der Waals surface area contributed by atoms with Crippen LogP contribution in [0.15, 0.2) is 47.4 Å². The summed E-state index contributed by atoms with van der Waals surface area (Å²) in [4.78, 5) is 13.2. The second kappa shape index (κ2) is 8.16. The number of thioether (sulfide) groups is 1. The number of benzene rings is 2. The average Bonchev–Trinajstić information content (AvgIpc) is 3.09. The summed E-state index contributed by atoms with van der Waals surface area (Å²) in [6.45, 7) is 2.76. The Balaban J connectivity index is 1.42. The van der Waals surface area contributed by atoms with E-state index >= 15 is 0 Å². The Bertz CT molecular complexity index is 733. The summed E-state index contributed by atoms with van der Waals surface area (Å²) in [5, 5.41) is 12.6. The van der Waals surface area contributed by atoms with Gasteiger partial charge in [0.15, 0.2) is 11.5 Å². The van der Waals surface area contributed by atoms with Crippen LogP contribution in [0.5, 0.6) is 17.2 Å². The van der Waals surface area contributed by atoms with Crippen molar-refractivity contribution >= 4 is 17.7 Å². The minimum absolute atomic E-state index is 0.0228. The van der Waals surface area contributed by atoms with Crippen molar-refractivity contribution in [3.63, 3.8) is 0 Å². The maximum absolute atomic E-state index is 12.1. The zero-order valence-corrected chi connectivity index (χ0v) is 14.8. The van der Waals surface area contributed by atoms with Gasteiger partial charge in [-0.2, -0.15) is 0 Å². The normalized spacial score (nSPS) is 13.5. The molecule has 1 atom stereocenters. The second-order valence-electron chi connectivity index (χ2n) is 5.89. The molecule has 2 aromatic rings. The number of phenols is 1. The molecular weight excluding hydrogens is 338 g/mol. The Morgan fingerprint density at radius 1 is 1.24 bits per heavy atom. The van der Waals surface area contributed by atoms with Crippen molar-refractivity contribution in [2.45, 2.75) is 36.5 Å². The van der Waals surface area contributed by atoms with Crippen LogP contribution in [-0.2, 0) is 11.3 Å². The summed E-state index contributed by atoms with van der Waals surface area (Å²) in [5.74, 6) is 1.73. The van der Waals surface area contributed by atoms with Crippen LogP contribution in [0.3, 0.4) is 0 Å². The van der Waals surface area contributed by atoms with E-state index in [2.05, 4.69) is 12.2 Å². The number of hydrogen-bond acceptors (Lipinski definition) is 5. The fourth-order valence-electron chi connectivity index (χ4n) is 2.56. The first-order valence-corrected chi connectivity index (χ1v) is 9.09. The molecule has 0 saturated heterocycles. The summed E-state index contributed by atoms with van der Waals surface area (Å²) in [6, 6.07) is 12.8. The fraction of sp³-hybridized carbons (Fsp3) is 0.316. The third-order valence-corrected chi connectivity index (χ3v) is 5.09. The number of fused-ring (bicyclic) bond motifs is 1. The second-order valence-corrected chi connectivity index (χ2v) is 7.40. The summed E-state index contributed by atoms with van der Waals surface area (Å²) < 4.78 is 10.8. The Kier molecular flexibility index (Phi) is 5.71. The number of carbonyl (C=O) groups is 1. The molecule has 1 aliphatic heterocycles. The lowest BCUT2D eigenvalue weighted by atomic mass is 10.2. The van der Waals surface area contributed by atoms with Crippen molar-refractivity contribution in [3.05, 3.63) is 48.0 Å². The third-order valence-electron chi connectivity index (χ3n) is 3.91. The first-order chi connectivity index (χ1) is 12.1. The van der Waals surface area contributed by atoms with E-state index < -0.39 is 0 Å². The Hall–Kier alpha value is -2.34. The van der Waals surface area contributed by atoms with Gasteiger partial charge in [0, 0.05) is 28.7 Å². The number of para-hydroxylation sites is 1. The molecule has 132 valence electrons. The minimum atomic E-state index is 0.0228. The van der Waals surface area contributed by atoms with E-state index in [9.17, 15) is 9.90 Å². The first kappa shape index (κ1) is 17.5. The highest BCUT2D eigenvalue weighted by molar-refractivity contribution is 7.99. The van der Waals surface area contributed by atoms with E-state index in [1.54, 1.807) is 23.9 Å². The molecule has 0 aromatic heterocycles. The summed E-state index contributed by atoms with van der Waals surface area (Å²) in [6.07, 6.45) is 1.25. The van der Waals surface area contributed by atoms with E-state index in [0.717, 1.165) is 28.4 Å². The summed E-state index contributed by atoms with van der Waals surface area (Å²) in [5.41, 5.74) is 0.926. The molecule has 0 saturated carbocycles. The topological polar surface area (TPSA) is 67.8 Å². The lowest BCUT2D eigenvalue weighted by Crippen LogP contribution is -2.23.